The van der Waals surface area contributed by atoms with Crippen LogP contribution in [0.15, 0.2) is 23.1 Å². The Hall–Kier alpha value is -1.58. The van der Waals surface area contributed by atoms with Crippen LogP contribution in [-0.4, -0.2) is 17.0 Å². The van der Waals surface area contributed by atoms with Gasteiger partial charge in [-0.05, 0) is 31.4 Å². The van der Waals surface area contributed by atoms with E-state index in [2.05, 4.69) is 5.32 Å². The molecule has 94 valence electrons. The van der Waals surface area contributed by atoms with Crippen molar-refractivity contribution in [3.63, 3.8) is 0 Å². The summed E-state index contributed by atoms with van der Waals surface area (Å²) in [4.78, 5) is 22.7. The van der Waals surface area contributed by atoms with Crippen molar-refractivity contribution in [2.24, 2.45) is 0 Å². The van der Waals surface area contributed by atoms with Crippen LogP contribution in [0, 0.1) is 6.92 Å². The second-order valence-corrected chi connectivity index (χ2v) is 4.19. The topological polar surface area (TPSA) is 51.1 Å². The molecule has 1 aromatic rings. The van der Waals surface area contributed by atoms with E-state index in [4.69, 9.17) is 0 Å². The maximum absolute atomic E-state index is 11.5. The Morgan fingerprint density at radius 1 is 1.47 bits per heavy atom. The highest BCUT2D eigenvalue weighted by atomic mass is 16.1. The maximum Gasteiger partial charge on any atom is 0.250 e. The Morgan fingerprint density at radius 3 is 2.88 bits per heavy atom. The first-order valence-corrected chi connectivity index (χ1v) is 6.07. The molecule has 1 heterocycles. The van der Waals surface area contributed by atoms with Gasteiger partial charge in [0.15, 0.2) is 0 Å². The number of carbonyl (C=O) groups excluding carboxylic acids is 1. The molecule has 0 fully saturated rings. The van der Waals surface area contributed by atoms with Crippen LogP contribution in [0.4, 0.5) is 0 Å². The van der Waals surface area contributed by atoms with Gasteiger partial charge in [-0.25, -0.2) is 0 Å². The van der Waals surface area contributed by atoms with Crippen molar-refractivity contribution >= 4 is 5.91 Å². The Morgan fingerprint density at radius 2 is 2.24 bits per heavy atom. The lowest BCUT2D eigenvalue weighted by Gasteiger charge is -2.07. The Bertz CT molecular complexity index is 424. The molecule has 0 saturated heterocycles. The van der Waals surface area contributed by atoms with E-state index < -0.39 is 0 Å². The minimum absolute atomic E-state index is 0.0184. The number of nitrogens with one attached hydrogen (secondary N) is 1. The molecule has 0 saturated carbocycles. The largest absolute Gasteiger partial charge is 0.356 e. The van der Waals surface area contributed by atoms with E-state index in [1.165, 1.54) is 0 Å². The number of amides is 1. The standard InChI is InChI=1S/C13H20N2O2/c1-3-5-12(16)14-7-4-8-15-9-6-11(2)10-13(15)17/h6,9-10H,3-5,7-8H2,1-2H3,(H,14,16). The van der Waals surface area contributed by atoms with Crippen LogP contribution in [0.1, 0.15) is 31.7 Å². The molecule has 0 aromatic carbocycles. The Kier molecular flexibility index (Phi) is 5.46. The molecule has 4 heteroatoms. The number of carbonyl (C=O) groups is 1. The number of aromatic nitrogens is 1. The molecule has 0 spiro atoms. The van der Waals surface area contributed by atoms with Crippen molar-refractivity contribution in [3.8, 4) is 0 Å². The van der Waals surface area contributed by atoms with Crippen molar-refractivity contribution in [3.05, 3.63) is 34.2 Å². The third kappa shape index (κ3) is 4.85. The van der Waals surface area contributed by atoms with Gasteiger partial charge in [-0.15, -0.1) is 0 Å². The van der Waals surface area contributed by atoms with Crippen LogP contribution in [0.25, 0.3) is 0 Å². The number of aryl methyl sites for hydroxylation is 2. The van der Waals surface area contributed by atoms with Crippen LogP contribution in [0.5, 0.6) is 0 Å². The van der Waals surface area contributed by atoms with Gasteiger partial charge in [-0.1, -0.05) is 6.92 Å². The van der Waals surface area contributed by atoms with E-state index in [9.17, 15) is 9.59 Å². The second kappa shape index (κ2) is 6.89. The monoisotopic (exact) mass is 236 g/mol. The molecule has 17 heavy (non-hydrogen) atoms. The first-order chi connectivity index (χ1) is 8.13. The molecule has 0 aliphatic carbocycles. The Labute approximate surface area is 102 Å². The highest BCUT2D eigenvalue weighted by molar-refractivity contribution is 5.75. The SMILES string of the molecule is CCCC(=O)NCCCn1ccc(C)cc1=O. The van der Waals surface area contributed by atoms with Gasteiger partial charge in [0.1, 0.15) is 0 Å². The molecule has 1 N–H and O–H groups in total. The van der Waals surface area contributed by atoms with Gasteiger partial charge in [0, 0.05) is 31.8 Å². The summed E-state index contributed by atoms with van der Waals surface area (Å²) in [6, 6.07) is 3.53. The molecular weight excluding hydrogens is 216 g/mol. The zero-order chi connectivity index (χ0) is 12.7. The van der Waals surface area contributed by atoms with Crippen molar-refractivity contribution in [1.82, 2.24) is 9.88 Å². The van der Waals surface area contributed by atoms with Crippen LogP contribution in [0.3, 0.4) is 0 Å². The van der Waals surface area contributed by atoms with Crippen LogP contribution >= 0.6 is 0 Å². The number of hydrogen-bond acceptors (Lipinski definition) is 2. The number of hydrogen-bond donors (Lipinski definition) is 1. The van der Waals surface area contributed by atoms with Crippen molar-refractivity contribution in [2.75, 3.05) is 6.54 Å². The van der Waals surface area contributed by atoms with E-state index in [1.54, 1.807) is 16.8 Å². The van der Waals surface area contributed by atoms with Crippen molar-refractivity contribution in [2.45, 2.75) is 39.7 Å². The predicted molar refractivity (Wildman–Crippen MR) is 68.0 cm³/mol. The first kappa shape index (κ1) is 13.5. The minimum Gasteiger partial charge on any atom is -0.356 e. The summed E-state index contributed by atoms with van der Waals surface area (Å²) in [5.41, 5.74) is 0.993. The third-order valence-corrected chi connectivity index (χ3v) is 2.53. The van der Waals surface area contributed by atoms with Crippen molar-refractivity contribution < 1.29 is 4.79 Å². The normalized spacial score (nSPS) is 10.2. The van der Waals surface area contributed by atoms with Gasteiger partial charge in [0.2, 0.25) is 5.91 Å². The fourth-order valence-corrected chi connectivity index (χ4v) is 1.58. The van der Waals surface area contributed by atoms with E-state index in [0.29, 0.717) is 19.5 Å². The van der Waals surface area contributed by atoms with Crippen LogP contribution in [0.2, 0.25) is 0 Å². The summed E-state index contributed by atoms with van der Waals surface area (Å²) in [5, 5.41) is 2.83. The molecule has 4 nitrogen and oxygen atoms in total. The fourth-order valence-electron chi connectivity index (χ4n) is 1.58. The van der Waals surface area contributed by atoms with Gasteiger partial charge in [-0.2, -0.15) is 0 Å². The molecule has 0 radical (unpaired) electrons. The Balaban J connectivity index is 2.31. The zero-order valence-electron chi connectivity index (χ0n) is 10.5. The van der Waals surface area contributed by atoms with Gasteiger partial charge < -0.3 is 9.88 Å². The average molecular weight is 236 g/mol. The molecule has 1 rings (SSSR count). The molecule has 0 bridgehead atoms. The lowest BCUT2D eigenvalue weighted by atomic mass is 10.3. The maximum atomic E-state index is 11.5. The van der Waals surface area contributed by atoms with E-state index in [-0.39, 0.29) is 11.5 Å². The molecule has 0 unspecified atom stereocenters. The average Bonchev–Trinajstić information content (AvgIpc) is 2.27. The van der Waals surface area contributed by atoms with E-state index in [0.717, 1.165) is 18.4 Å². The van der Waals surface area contributed by atoms with Crippen LogP contribution < -0.4 is 10.9 Å². The van der Waals surface area contributed by atoms with Crippen molar-refractivity contribution in [1.29, 1.82) is 0 Å². The summed E-state index contributed by atoms with van der Waals surface area (Å²) in [5.74, 6) is 0.0868. The third-order valence-electron chi connectivity index (χ3n) is 2.53. The number of nitrogens with zero attached hydrogens (tertiary/aromatic N) is 1. The lowest BCUT2D eigenvalue weighted by molar-refractivity contribution is -0.121. The molecule has 0 aliphatic heterocycles. The summed E-state index contributed by atoms with van der Waals surface area (Å²) < 4.78 is 1.67. The highest BCUT2D eigenvalue weighted by Gasteiger charge is 1.99. The van der Waals surface area contributed by atoms with Crippen LogP contribution in [-0.2, 0) is 11.3 Å². The zero-order valence-corrected chi connectivity index (χ0v) is 10.5. The smallest absolute Gasteiger partial charge is 0.250 e. The summed E-state index contributed by atoms with van der Waals surface area (Å²) >= 11 is 0. The quantitative estimate of drug-likeness (QED) is 0.760. The summed E-state index contributed by atoms with van der Waals surface area (Å²) in [6.45, 7) is 5.15. The lowest BCUT2D eigenvalue weighted by Crippen LogP contribution is -2.26. The van der Waals surface area contributed by atoms with Gasteiger partial charge >= 0.3 is 0 Å². The molecule has 1 aromatic heterocycles. The molecule has 1 amide bonds. The number of pyridine rings is 1. The predicted octanol–water partition coefficient (Wildman–Crippen LogP) is 1.46. The number of rotatable bonds is 6. The molecule has 0 aliphatic rings. The molecule has 0 atom stereocenters. The van der Waals surface area contributed by atoms with Gasteiger partial charge in [-0.3, -0.25) is 9.59 Å². The molecular formula is C13H20N2O2. The van der Waals surface area contributed by atoms with Gasteiger partial charge in [0.05, 0.1) is 0 Å². The first-order valence-electron chi connectivity index (χ1n) is 6.07. The van der Waals surface area contributed by atoms with Gasteiger partial charge in [0.25, 0.3) is 5.56 Å². The van der Waals surface area contributed by atoms with E-state index >= 15 is 0 Å². The highest BCUT2D eigenvalue weighted by Crippen LogP contribution is 1.93. The van der Waals surface area contributed by atoms with E-state index in [1.807, 2.05) is 19.9 Å². The second-order valence-electron chi connectivity index (χ2n) is 4.19. The minimum atomic E-state index is 0.0184. The summed E-state index contributed by atoms with van der Waals surface area (Å²) in [7, 11) is 0. The summed E-state index contributed by atoms with van der Waals surface area (Å²) in [6.07, 6.45) is 4.01. The fraction of sp³-hybridized carbons (Fsp3) is 0.538.